The third kappa shape index (κ3) is 3.20. The summed E-state index contributed by atoms with van der Waals surface area (Å²) >= 11 is 0. The van der Waals surface area contributed by atoms with Gasteiger partial charge in [-0.1, -0.05) is 0 Å². The van der Waals surface area contributed by atoms with E-state index in [4.69, 9.17) is 10.0 Å². The first kappa shape index (κ1) is 13.3. The van der Waals surface area contributed by atoms with E-state index in [0.29, 0.717) is 5.95 Å². The average Bonchev–Trinajstić information content (AvgIpc) is 2.78. The average molecular weight is 250 g/mol. The molecular weight excluding hydrogens is 234 g/mol. The van der Waals surface area contributed by atoms with Crippen LogP contribution in [0.5, 0.6) is 0 Å². The Kier molecular flexibility index (Phi) is 4.18. The maximum Gasteiger partial charge on any atom is 0.491 e. The smallest absolute Gasteiger partial charge is 0.437 e. The zero-order valence-electron chi connectivity index (χ0n) is 10.2. The molecule has 1 atom stereocenters. The Hall–Kier alpha value is -1.15. The highest BCUT2D eigenvalue weighted by Gasteiger charge is 2.27. The van der Waals surface area contributed by atoms with Gasteiger partial charge in [0.2, 0.25) is 5.95 Å². The maximum atomic E-state index is 9.44. The van der Waals surface area contributed by atoms with Gasteiger partial charge in [-0.05, 0) is 19.8 Å². The molecule has 1 fully saturated rings. The van der Waals surface area contributed by atoms with Crippen LogP contribution in [0, 0.1) is 0 Å². The number of hydrogen-bond acceptors (Lipinski definition) is 7. The highest BCUT2D eigenvalue weighted by molar-refractivity contribution is 6.58. The quantitative estimate of drug-likeness (QED) is 0.448. The molecule has 0 spiro atoms. The molecule has 4 N–H and O–H groups in total. The molecule has 1 aliphatic heterocycles. The van der Waals surface area contributed by atoms with Gasteiger partial charge in [-0.2, -0.15) is 0 Å². The summed E-state index contributed by atoms with van der Waals surface area (Å²) in [5, 5.41) is 30.4. The van der Waals surface area contributed by atoms with E-state index in [0.717, 1.165) is 19.5 Å². The predicted molar refractivity (Wildman–Crippen MR) is 69.3 cm³/mol. The van der Waals surface area contributed by atoms with Gasteiger partial charge in [0.25, 0.3) is 0 Å². The van der Waals surface area contributed by atoms with Gasteiger partial charge in [-0.3, -0.25) is 0 Å². The zero-order chi connectivity index (χ0) is 13.1. The van der Waals surface area contributed by atoms with Gasteiger partial charge in [-0.15, -0.1) is 0 Å². The zero-order valence-corrected chi connectivity index (χ0v) is 10.2. The lowest BCUT2D eigenvalue weighted by atomic mass is 9.83. The highest BCUT2D eigenvalue weighted by atomic mass is 16.4. The Bertz CT molecular complexity index is 390. The van der Waals surface area contributed by atoms with Gasteiger partial charge in [0.1, 0.15) is 0 Å². The van der Waals surface area contributed by atoms with Crippen LogP contribution in [0.3, 0.4) is 0 Å². The van der Waals surface area contributed by atoms with Crippen LogP contribution >= 0.6 is 0 Å². The van der Waals surface area contributed by atoms with Crippen LogP contribution in [0.15, 0.2) is 12.4 Å². The Labute approximate surface area is 106 Å². The molecule has 1 aromatic heterocycles. The molecule has 0 amide bonds. The van der Waals surface area contributed by atoms with E-state index in [9.17, 15) is 5.02 Å². The molecule has 18 heavy (non-hydrogen) atoms. The lowest BCUT2D eigenvalue weighted by molar-refractivity contribution is 0.421. The van der Waals surface area contributed by atoms with Crippen LogP contribution in [0.4, 0.5) is 5.95 Å². The summed E-state index contributed by atoms with van der Waals surface area (Å²) in [6.45, 7) is 3.32. The SMILES string of the molecule is CB(O)N1CCC(Nc2ncc(B(O)O)cn2)C1. The summed E-state index contributed by atoms with van der Waals surface area (Å²) in [5.41, 5.74) is 0.262. The van der Waals surface area contributed by atoms with Crippen LogP contribution in [-0.2, 0) is 0 Å². The Morgan fingerprint density at radius 3 is 2.50 bits per heavy atom. The van der Waals surface area contributed by atoms with Crippen LogP contribution in [-0.4, -0.2) is 63.2 Å². The summed E-state index contributed by atoms with van der Waals surface area (Å²) in [7, 11) is -1.99. The Balaban J connectivity index is 1.90. The molecule has 7 nitrogen and oxygen atoms in total. The molecule has 2 rings (SSSR count). The summed E-state index contributed by atoms with van der Waals surface area (Å²) in [6, 6.07) is 0.199. The van der Waals surface area contributed by atoms with Gasteiger partial charge in [0.15, 0.2) is 0 Å². The minimum absolute atomic E-state index is 0.199. The van der Waals surface area contributed by atoms with Crippen molar-refractivity contribution >= 4 is 25.6 Å². The van der Waals surface area contributed by atoms with Crippen LogP contribution in [0.1, 0.15) is 6.42 Å². The first-order valence-electron chi connectivity index (χ1n) is 5.93. The molecule has 0 bridgehead atoms. The molecule has 9 heteroatoms. The summed E-state index contributed by atoms with van der Waals surface area (Å²) < 4.78 is 0. The molecule has 1 aliphatic rings. The van der Waals surface area contributed by atoms with Crippen molar-refractivity contribution in [3.8, 4) is 0 Å². The minimum Gasteiger partial charge on any atom is -0.437 e. The van der Waals surface area contributed by atoms with Crippen molar-refractivity contribution < 1.29 is 15.1 Å². The number of nitrogens with zero attached hydrogens (tertiary/aromatic N) is 3. The third-order valence-corrected chi connectivity index (χ3v) is 3.05. The molecule has 2 heterocycles. The second-order valence-electron chi connectivity index (χ2n) is 4.47. The monoisotopic (exact) mass is 250 g/mol. The fourth-order valence-electron chi connectivity index (χ4n) is 1.97. The second kappa shape index (κ2) is 5.66. The van der Waals surface area contributed by atoms with E-state index in [1.807, 2.05) is 4.81 Å². The van der Waals surface area contributed by atoms with Crippen molar-refractivity contribution in [2.45, 2.75) is 19.3 Å². The van der Waals surface area contributed by atoms with E-state index in [2.05, 4.69) is 15.3 Å². The number of rotatable bonds is 4. The third-order valence-electron chi connectivity index (χ3n) is 3.05. The number of anilines is 1. The van der Waals surface area contributed by atoms with Crippen molar-refractivity contribution in [1.82, 2.24) is 14.8 Å². The first-order valence-corrected chi connectivity index (χ1v) is 5.93. The van der Waals surface area contributed by atoms with Gasteiger partial charge >= 0.3 is 14.2 Å². The molecule has 1 unspecified atom stereocenters. The van der Waals surface area contributed by atoms with E-state index in [1.54, 1.807) is 6.82 Å². The van der Waals surface area contributed by atoms with Crippen molar-refractivity contribution in [1.29, 1.82) is 0 Å². The molecular formula is C9H16B2N4O3. The van der Waals surface area contributed by atoms with Gasteiger partial charge in [-0.25, -0.2) is 9.97 Å². The van der Waals surface area contributed by atoms with E-state index in [1.165, 1.54) is 12.4 Å². The van der Waals surface area contributed by atoms with Crippen molar-refractivity contribution in [3.05, 3.63) is 12.4 Å². The van der Waals surface area contributed by atoms with Gasteiger partial charge in [0, 0.05) is 30.4 Å². The normalized spacial score (nSPS) is 19.9. The molecule has 0 radical (unpaired) electrons. The first-order chi connectivity index (χ1) is 8.56. The standard InChI is InChI=1S/C9H16B2N4O3/c1-10(16)15-3-2-8(6-15)14-9-12-4-7(5-13-9)11(17)18/h4-5,8,16-18H,2-3,6H2,1H3,(H,12,13,14). The van der Waals surface area contributed by atoms with Crippen LogP contribution < -0.4 is 10.8 Å². The van der Waals surface area contributed by atoms with Crippen LogP contribution in [0.2, 0.25) is 6.82 Å². The number of nitrogens with one attached hydrogen (secondary N) is 1. The molecule has 1 aromatic rings. The van der Waals surface area contributed by atoms with E-state index in [-0.39, 0.29) is 11.5 Å². The molecule has 96 valence electrons. The maximum absolute atomic E-state index is 9.44. The summed E-state index contributed by atoms with van der Waals surface area (Å²) in [5.74, 6) is 0.455. The largest absolute Gasteiger partial charge is 0.491 e. The molecule has 0 aromatic carbocycles. The van der Waals surface area contributed by atoms with Gasteiger partial charge in [0.05, 0.1) is 0 Å². The molecule has 1 saturated heterocycles. The summed E-state index contributed by atoms with van der Waals surface area (Å²) in [6.07, 6.45) is 3.67. The lowest BCUT2D eigenvalue weighted by Crippen LogP contribution is -2.37. The molecule has 0 aliphatic carbocycles. The minimum atomic E-state index is -1.55. The van der Waals surface area contributed by atoms with Crippen molar-refractivity contribution in [2.24, 2.45) is 0 Å². The van der Waals surface area contributed by atoms with E-state index < -0.39 is 14.2 Å². The number of aromatic nitrogens is 2. The topological polar surface area (TPSA) is 102 Å². The van der Waals surface area contributed by atoms with Crippen molar-refractivity contribution in [2.75, 3.05) is 18.4 Å². The van der Waals surface area contributed by atoms with Crippen molar-refractivity contribution in [3.63, 3.8) is 0 Å². The second-order valence-corrected chi connectivity index (χ2v) is 4.47. The summed E-state index contributed by atoms with van der Waals surface area (Å²) in [4.78, 5) is 9.98. The number of hydrogen-bond donors (Lipinski definition) is 4. The fourth-order valence-corrected chi connectivity index (χ4v) is 1.97. The highest BCUT2D eigenvalue weighted by Crippen LogP contribution is 2.13. The Morgan fingerprint density at radius 1 is 1.33 bits per heavy atom. The fraction of sp³-hybridized carbons (Fsp3) is 0.556. The van der Waals surface area contributed by atoms with Gasteiger partial charge < -0.3 is 25.2 Å². The molecule has 0 saturated carbocycles. The lowest BCUT2D eigenvalue weighted by Gasteiger charge is -2.16. The van der Waals surface area contributed by atoms with Crippen LogP contribution in [0.25, 0.3) is 0 Å². The Morgan fingerprint density at radius 2 is 2.00 bits per heavy atom. The predicted octanol–water partition coefficient (Wildman–Crippen LogP) is -2.25. The van der Waals surface area contributed by atoms with E-state index >= 15 is 0 Å².